The van der Waals surface area contributed by atoms with Gasteiger partial charge in [-0.25, -0.2) is 9.18 Å². The van der Waals surface area contributed by atoms with Crippen LogP contribution < -0.4 is 10.5 Å². The zero-order chi connectivity index (χ0) is 15.4. The number of benzene rings is 2. The smallest absolute Gasteiger partial charge is 0.340 e. The summed E-state index contributed by atoms with van der Waals surface area (Å²) in [5, 5.41) is 0.419. The SMILES string of the molecule is COc1cccc(COC(=O)c2ccc(Cl)cc2N)c1F. The van der Waals surface area contributed by atoms with Crippen LogP contribution in [0.15, 0.2) is 36.4 Å². The van der Waals surface area contributed by atoms with Crippen LogP contribution in [0.4, 0.5) is 10.1 Å². The molecule has 0 aromatic heterocycles. The molecule has 0 aliphatic carbocycles. The van der Waals surface area contributed by atoms with Crippen LogP contribution in [-0.2, 0) is 11.3 Å². The molecule has 0 amide bonds. The summed E-state index contributed by atoms with van der Waals surface area (Å²) in [7, 11) is 1.36. The third-order valence-corrected chi connectivity index (χ3v) is 3.09. The van der Waals surface area contributed by atoms with Crippen LogP contribution in [-0.4, -0.2) is 13.1 Å². The Balaban J connectivity index is 2.11. The molecule has 0 fully saturated rings. The van der Waals surface area contributed by atoms with Gasteiger partial charge in [-0.3, -0.25) is 0 Å². The molecule has 0 radical (unpaired) electrons. The predicted octanol–water partition coefficient (Wildman–Crippen LogP) is 3.43. The second kappa shape index (κ2) is 6.45. The molecule has 0 heterocycles. The van der Waals surface area contributed by atoms with Crippen molar-refractivity contribution in [3.05, 3.63) is 58.4 Å². The Morgan fingerprint density at radius 3 is 2.76 bits per heavy atom. The van der Waals surface area contributed by atoms with Crippen LogP contribution in [0.25, 0.3) is 0 Å². The molecule has 0 aliphatic rings. The first-order valence-electron chi connectivity index (χ1n) is 6.06. The van der Waals surface area contributed by atoms with Gasteiger partial charge in [-0.15, -0.1) is 0 Å². The minimum absolute atomic E-state index is 0.0922. The van der Waals surface area contributed by atoms with Gasteiger partial charge in [0.05, 0.1) is 12.7 Å². The zero-order valence-electron chi connectivity index (χ0n) is 11.2. The molecular weight excluding hydrogens is 297 g/mol. The number of esters is 1. The van der Waals surface area contributed by atoms with E-state index in [1.54, 1.807) is 6.07 Å². The van der Waals surface area contributed by atoms with Gasteiger partial charge in [-0.1, -0.05) is 23.7 Å². The number of halogens is 2. The van der Waals surface area contributed by atoms with Gasteiger partial charge < -0.3 is 15.2 Å². The molecule has 2 rings (SSSR count). The maximum Gasteiger partial charge on any atom is 0.340 e. The molecule has 6 heteroatoms. The van der Waals surface area contributed by atoms with Crippen LogP contribution in [0.3, 0.4) is 0 Å². The molecular formula is C15H13ClFNO3. The van der Waals surface area contributed by atoms with Crippen LogP contribution in [0.2, 0.25) is 5.02 Å². The Bertz CT molecular complexity index is 676. The number of anilines is 1. The standard InChI is InChI=1S/C15H13ClFNO3/c1-20-13-4-2-3-9(14(13)17)8-21-15(19)11-6-5-10(16)7-12(11)18/h2-7H,8,18H2,1H3. The fraction of sp³-hybridized carbons (Fsp3) is 0.133. The molecule has 0 saturated heterocycles. The molecule has 21 heavy (non-hydrogen) atoms. The van der Waals surface area contributed by atoms with E-state index in [-0.39, 0.29) is 29.2 Å². The number of carbonyl (C=O) groups excluding carboxylic acids is 1. The number of rotatable bonds is 4. The minimum Gasteiger partial charge on any atom is -0.494 e. The van der Waals surface area contributed by atoms with E-state index >= 15 is 0 Å². The highest BCUT2D eigenvalue weighted by molar-refractivity contribution is 6.31. The minimum atomic E-state index is -0.647. The number of hydrogen-bond acceptors (Lipinski definition) is 4. The van der Waals surface area contributed by atoms with E-state index in [4.69, 9.17) is 26.8 Å². The fourth-order valence-corrected chi connectivity index (χ4v) is 1.95. The molecule has 2 aromatic carbocycles. The molecule has 2 aromatic rings. The van der Waals surface area contributed by atoms with Crippen molar-refractivity contribution in [1.29, 1.82) is 0 Å². The molecule has 110 valence electrons. The molecule has 0 atom stereocenters. The summed E-state index contributed by atoms with van der Waals surface area (Å²) in [6, 6.07) is 9.04. The van der Waals surface area contributed by atoms with Crippen LogP contribution in [0, 0.1) is 5.82 Å². The molecule has 0 aliphatic heterocycles. The van der Waals surface area contributed by atoms with Crippen molar-refractivity contribution in [1.82, 2.24) is 0 Å². The van der Waals surface area contributed by atoms with Crippen molar-refractivity contribution in [2.24, 2.45) is 0 Å². The number of nitrogens with two attached hydrogens (primary N) is 1. The highest BCUT2D eigenvalue weighted by atomic mass is 35.5. The first-order chi connectivity index (χ1) is 10.0. The van der Waals surface area contributed by atoms with Crippen LogP contribution in [0.5, 0.6) is 5.75 Å². The second-order valence-electron chi connectivity index (χ2n) is 4.24. The predicted molar refractivity (Wildman–Crippen MR) is 77.9 cm³/mol. The van der Waals surface area contributed by atoms with Crippen molar-refractivity contribution >= 4 is 23.3 Å². The van der Waals surface area contributed by atoms with Gasteiger partial charge in [0.25, 0.3) is 0 Å². The fourth-order valence-electron chi connectivity index (χ4n) is 1.77. The van der Waals surface area contributed by atoms with Crippen molar-refractivity contribution < 1.29 is 18.7 Å². The zero-order valence-corrected chi connectivity index (χ0v) is 12.0. The van der Waals surface area contributed by atoms with E-state index in [1.807, 2.05) is 0 Å². The number of methoxy groups -OCH3 is 1. The lowest BCUT2D eigenvalue weighted by Crippen LogP contribution is -2.09. The molecule has 0 bridgehead atoms. The quantitative estimate of drug-likeness (QED) is 0.694. The van der Waals surface area contributed by atoms with E-state index < -0.39 is 11.8 Å². The second-order valence-corrected chi connectivity index (χ2v) is 4.68. The summed E-state index contributed by atoms with van der Waals surface area (Å²) in [5.74, 6) is -1.11. The van der Waals surface area contributed by atoms with E-state index in [0.29, 0.717) is 5.02 Å². The van der Waals surface area contributed by atoms with Gasteiger partial charge in [0.2, 0.25) is 0 Å². The largest absolute Gasteiger partial charge is 0.494 e. The lowest BCUT2D eigenvalue weighted by Gasteiger charge is -2.09. The third kappa shape index (κ3) is 3.44. The molecule has 0 spiro atoms. The summed E-state index contributed by atoms with van der Waals surface area (Å²) in [6.45, 7) is -0.218. The topological polar surface area (TPSA) is 61.5 Å². The number of nitrogen functional groups attached to an aromatic ring is 1. The monoisotopic (exact) mass is 309 g/mol. The molecule has 2 N–H and O–H groups in total. The van der Waals surface area contributed by atoms with E-state index in [0.717, 1.165) is 0 Å². The summed E-state index contributed by atoms with van der Waals surface area (Å²) in [6.07, 6.45) is 0. The highest BCUT2D eigenvalue weighted by Crippen LogP contribution is 2.22. The average Bonchev–Trinajstić information content (AvgIpc) is 2.46. The maximum atomic E-state index is 13.9. The van der Waals surface area contributed by atoms with Gasteiger partial charge in [0.15, 0.2) is 11.6 Å². The van der Waals surface area contributed by atoms with Gasteiger partial charge in [0, 0.05) is 16.3 Å². The molecule has 0 unspecified atom stereocenters. The summed E-state index contributed by atoms with van der Waals surface area (Å²) in [5.41, 5.74) is 6.30. The molecule has 0 saturated carbocycles. The average molecular weight is 310 g/mol. The van der Waals surface area contributed by atoms with Crippen molar-refractivity contribution in [3.8, 4) is 5.75 Å². The van der Waals surface area contributed by atoms with Crippen molar-refractivity contribution in [2.45, 2.75) is 6.61 Å². The first kappa shape index (κ1) is 15.1. The van der Waals surface area contributed by atoms with Gasteiger partial charge in [-0.2, -0.15) is 0 Å². The Morgan fingerprint density at radius 2 is 2.10 bits per heavy atom. The van der Waals surface area contributed by atoms with Crippen molar-refractivity contribution in [2.75, 3.05) is 12.8 Å². The van der Waals surface area contributed by atoms with Gasteiger partial charge in [0.1, 0.15) is 6.61 Å². The normalized spacial score (nSPS) is 10.2. The van der Waals surface area contributed by atoms with Crippen LogP contribution in [0.1, 0.15) is 15.9 Å². The Kier molecular flexibility index (Phi) is 4.65. The van der Waals surface area contributed by atoms with Crippen molar-refractivity contribution in [3.63, 3.8) is 0 Å². The van der Waals surface area contributed by atoms with Crippen LogP contribution >= 0.6 is 11.6 Å². The first-order valence-corrected chi connectivity index (χ1v) is 6.44. The Hall–Kier alpha value is -2.27. The number of carbonyl (C=O) groups is 1. The highest BCUT2D eigenvalue weighted by Gasteiger charge is 2.14. The van der Waals surface area contributed by atoms with E-state index in [9.17, 15) is 9.18 Å². The lowest BCUT2D eigenvalue weighted by atomic mass is 10.2. The maximum absolute atomic E-state index is 13.9. The summed E-state index contributed by atoms with van der Waals surface area (Å²) < 4.78 is 23.8. The van der Waals surface area contributed by atoms with Gasteiger partial charge >= 0.3 is 5.97 Å². The third-order valence-electron chi connectivity index (χ3n) is 2.86. The Morgan fingerprint density at radius 1 is 1.33 bits per heavy atom. The van der Waals surface area contributed by atoms with E-state index in [1.165, 1.54) is 37.4 Å². The summed E-state index contributed by atoms with van der Waals surface area (Å²) >= 11 is 5.75. The number of ether oxygens (including phenoxy) is 2. The Labute approximate surface area is 126 Å². The van der Waals surface area contributed by atoms with Gasteiger partial charge in [-0.05, 0) is 24.3 Å². The summed E-state index contributed by atoms with van der Waals surface area (Å²) in [4.78, 5) is 11.9. The molecule has 4 nitrogen and oxygen atoms in total. The lowest BCUT2D eigenvalue weighted by molar-refractivity contribution is 0.0469. The van der Waals surface area contributed by atoms with E-state index in [2.05, 4.69) is 0 Å². The number of hydrogen-bond donors (Lipinski definition) is 1.